The molecule has 1 fully saturated rings. The Morgan fingerprint density at radius 1 is 0.882 bits per heavy atom. The summed E-state index contributed by atoms with van der Waals surface area (Å²) in [6, 6.07) is 18.9. The molecule has 1 unspecified atom stereocenters. The standard InChI is InChI=1S/C28H33N3O3/c1-32-24-8-6-23(7-9-24)31-16-13-21-19-25(33-2)10-11-26(21)28(31)22-5-12-27(29-20-22)34-18-17-30-14-3-4-15-30/h5-12,19-20,28H,3-4,13-18H2,1-2H3. The molecule has 2 aromatic carbocycles. The molecule has 0 spiro atoms. The molecule has 0 aliphatic carbocycles. The molecule has 2 aliphatic rings. The predicted molar refractivity (Wildman–Crippen MR) is 134 cm³/mol. The van der Waals surface area contributed by atoms with Crippen LogP contribution in [0.5, 0.6) is 17.4 Å². The number of rotatable bonds is 8. The van der Waals surface area contributed by atoms with Crippen LogP contribution in [-0.2, 0) is 6.42 Å². The van der Waals surface area contributed by atoms with E-state index in [2.05, 4.69) is 45.1 Å². The van der Waals surface area contributed by atoms with Crippen molar-refractivity contribution in [3.8, 4) is 17.4 Å². The highest BCUT2D eigenvalue weighted by Gasteiger charge is 2.30. The first kappa shape index (κ1) is 22.5. The number of methoxy groups -OCH3 is 2. The number of fused-ring (bicyclic) bond motifs is 1. The summed E-state index contributed by atoms with van der Waals surface area (Å²) in [4.78, 5) is 9.56. The summed E-state index contributed by atoms with van der Waals surface area (Å²) in [7, 11) is 3.42. The van der Waals surface area contributed by atoms with E-state index in [0.29, 0.717) is 12.5 Å². The van der Waals surface area contributed by atoms with Crippen molar-refractivity contribution in [2.45, 2.75) is 25.3 Å². The molecule has 3 aromatic rings. The van der Waals surface area contributed by atoms with Crippen LogP contribution in [-0.4, -0.2) is 56.9 Å². The minimum absolute atomic E-state index is 0.0641. The van der Waals surface area contributed by atoms with E-state index in [4.69, 9.17) is 14.2 Å². The normalized spacial score (nSPS) is 17.9. The zero-order valence-corrected chi connectivity index (χ0v) is 20.1. The maximum Gasteiger partial charge on any atom is 0.213 e. The molecule has 1 atom stereocenters. The fourth-order valence-corrected chi connectivity index (χ4v) is 5.07. The molecule has 0 bridgehead atoms. The second-order valence-corrected chi connectivity index (χ2v) is 8.94. The van der Waals surface area contributed by atoms with Gasteiger partial charge in [-0.3, -0.25) is 4.90 Å². The molecule has 6 nitrogen and oxygen atoms in total. The minimum Gasteiger partial charge on any atom is -0.497 e. The van der Waals surface area contributed by atoms with Crippen molar-refractivity contribution in [3.63, 3.8) is 0 Å². The highest BCUT2D eigenvalue weighted by Crippen LogP contribution is 2.40. The van der Waals surface area contributed by atoms with Crippen LogP contribution >= 0.6 is 0 Å². The van der Waals surface area contributed by atoms with E-state index in [1.54, 1.807) is 14.2 Å². The molecule has 1 saturated heterocycles. The van der Waals surface area contributed by atoms with Gasteiger partial charge in [0.15, 0.2) is 0 Å². The van der Waals surface area contributed by atoms with Gasteiger partial charge >= 0.3 is 0 Å². The highest BCUT2D eigenvalue weighted by molar-refractivity contribution is 5.57. The molecule has 1 aromatic heterocycles. The van der Waals surface area contributed by atoms with Gasteiger partial charge < -0.3 is 19.1 Å². The van der Waals surface area contributed by atoms with Gasteiger partial charge in [0.2, 0.25) is 5.88 Å². The van der Waals surface area contributed by atoms with Crippen LogP contribution < -0.4 is 19.1 Å². The zero-order valence-electron chi connectivity index (χ0n) is 20.1. The topological polar surface area (TPSA) is 47.1 Å². The first-order valence-corrected chi connectivity index (χ1v) is 12.1. The van der Waals surface area contributed by atoms with Crippen LogP contribution in [0.25, 0.3) is 0 Å². The number of nitrogens with zero attached hydrogens (tertiary/aromatic N) is 3. The second kappa shape index (κ2) is 10.3. The molecule has 34 heavy (non-hydrogen) atoms. The quantitative estimate of drug-likeness (QED) is 0.486. The van der Waals surface area contributed by atoms with Crippen LogP contribution in [0.3, 0.4) is 0 Å². The number of benzene rings is 2. The van der Waals surface area contributed by atoms with E-state index >= 15 is 0 Å². The molecule has 6 heteroatoms. The van der Waals surface area contributed by atoms with Gasteiger partial charge in [0, 0.05) is 31.0 Å². The molecule has 0 N–H and O–H groups in total. The fraction of sp³-hybridized carbons (Fsp3) is 0.393. The summed E-state index contributed by atoms with van der Waals surface area (Å²) in [6.07, 6.45) is 5.52. The maximum absolute atomic E-state index is 5.95. The van der Waals surface area contributed by atoms with Crippen LogP contribution in [0.15, 0.2) is 60.8 Å². The summed E-state index contributed by atoms with van der Waals surface area (Å²) >= 11 is 0. The van der Waals surface area contributed by atoms with E-state index in [-0.39, 0.29) is 6.04 Å². The third-order valence-corrected chi connectivity index (χ3v) is 6.91. The molecule has 0 radical (unpaired) electrons. The van der Waals surface area contributed by atoms with Gasteiger partial charge in [0.25, 0.3) is 0 Å². The Bertz CT molecular complexity index is 1080. The van der Waals surface area contributed by atoms with Crippen molar-refractivity contribution in [1.29, 1.82) is 0 Å². The highest BCUT2D eigenvalue weighted by atomic mass is 16.5. The number of hydrogen-bond donors (Lipinski definition) is 0. The molecule has 0 amide bonds. The summed E-state index contributed by atoms with van der Waals surface area (Å²) in [5.74, 6) is 2.44. The summed E-state index contributed by atoms with van der Waals surface area (Å²) in [5, 5.41) is 0. The molecule has 3 heterocycles. The Balaban J connectivity index is 1.40. The summed E-state index contributed by atoms with van der Waals surface area (Å²) in [5.41, 5.74) is 4.92. The average Bonchev–Trinajstić information content (AvgIpc) is 3.42. The lowest BCUT2D eigenvalue weighted by Gasteiger charge is -2.39. The smallest absolute Gasteiger partial charge is 0.213 e. The molecular weight excluding hydrogens is 426 g/mol. The van der Waals surface area contributed by atoms with Gasteiger partial charge in [-0.25, -0.2) is 4.98 Å². The van der Waals surface area contributed by atoms with Crippen molar-refractivity contribution in [2.24, 2.45) is 0 Å². The first-order valence-electron chi connectivity index (χ1n) is 12.1. The Labute approximate surface area is 202 Å². The summed E-state index contributed by atoms with van der Waals surface area (Å²) in [6.45, 7) is 4.92. The van der Waals surface area contributed by atoms with Crippen molar-refractivity contribution in [1.82, 2.24) is 9.88 Å². The summed E-state index contributed by atoms with van der Waals surface area (Å²) < 4.78 is 16.8. The van der Waals surface area contributed by atoms with E-state index in [1.165, 1.54) is 42.7 Å². The Morgan fingerprint density at radius 3 is 2.35 bits per heavy atom. The van der Waals surface area contributed by atoms with Crippen LogP contribution in [0, 0.1) is 0 Å². The van der Waals surface area contributed by atoms with Crippen LogP contribution in [0.4, 0.5) is 5.69 Å². The van der Waals surface area contributed by atoms with Crippen LogP contribution in [0.2, 0.25) is 0 Å². The van der Waals surface area contributed by atoms with Crippen LogP contribution in [0.1, 0.15) is 35.6 Å². The van der Waals surface area contributed by atoms with Gasteiger partial charge in [-0.2, -0.15) is 0 Å². The number of anilines is 1. The number of hydrogen-bond acceptors (Lipinski definition) is 6. The van der Waals surface area contributed by atoms with E-state index in [0.717, 1.165) is 36.6 Å². The second-order valence-electron chi connectivity index (χ2n) is 8.94. The molecule has 5 rings (SSSR count). The lowest BCUT2D eigenvalue weighted by molar-refractivity contribution is 0.232. The van der Waals surface area contributed by atoms with Crippen molar-refractivity contribution in [2.75, 3.05) is 51.9 Å². The monoisotopic (exact) mass is 459 g/mol. The van der Waals surface area contributed by atoms with Gasteiger partial charge in [-0.15, -0.1) is 0 Å². The lowest BCUT2D eigenvalue weighted by Crippen LogP contribution is -2.36. The van der Waals surface area contributed by atoms with Crippen molar-refractivity contribution >= 4 is 5.69 Å². The SMILES string of the molecule is COc1ccc(N2CCc3cc(OC)ccc3C2c2ccc(OCCN3CCCC3)nc2)cc1. The van der Waals surface area contributed by atoms with Gasteiger partial charge in [-0.1, -0.05) is 6.07 Å². The molecule has 0 saturated carbocycles. The first-order chi connectivity index (χ1) is 16.7. The number of aromatic nitrogens is 1. The molecule has 178 valence electrons. The Hall–Kier alpha value is -3.25. The third-order valence-electron chi connectivity index (χ3n) is 6.91. The van der Waals surface area contributed by atoms with Gasteiger partial charge in [0.05, 0.1) is 20.3 Å². The number of likely N-dealkylation sites (tertiary alicyclic amines) is 1. The van der Waals surface area contributed by atoms with E-state index in [9.17, 15) is 0 Å². The lowest BCUT2D eigenvalue weighted by atomic mass is 9.88. The number of ether oxygens (including phenoxy) is 3. The Kier molecular flexibility index (Phi) is 6.86. The fourth-order valence-electron chi connectivity index (χ4n) is 5.07. The maximum atomic E-state index is 5.95. The van der Waals surface area contributed by atoms with Gasteiger partial charge in [-0.05, 0) is 91.5 Å². The number of pyridine rings is 1. The average molecular weight is 460 g/mol. The van der Waals surface area contributed by atoms with Crippen molar-refractivity contribution < 1.29 is 14.2 Å². The third kappa shape index (κ3) is 4.82. The Morgan fingerprint density at radius 2 is 1.65 bits per heavy atom. The van der Waals surface area contributed by atoms with Crippen molar-refractivity contribution in [3.05, 3.63) is 77.5 Å². The predicted octanol–water partition coefficient (Wildman–Crippen LogP) is 4.73. The van der Waals surface area contributed by atoms with E-state index < -0.39 is 0 Å². The minimum atomic E-state index is 0.0641. The molecule has 2 aliphatic heterocycles. The van der Waals surface area contributed by atoms with Gasteiger partial charge in [0.1, 0.15) is 18.1 Å². The van der Waals surface area contributed by atoms with E-state index in [1.807, 2.05) is 30.5 Å². The molecular formula is C28H33N3O3. The zero-order chi connectivity index (χ0) is 23.3. The largest absolute Gasteiger partial charge is 0.497 e.